The van der Waals surface area contributed by atoms with Crippen LogP contribution < -0.4 is 9.47 Å². The number of ether oxygens (including phenoxy) is 3. The Hall–Kier alpha value is -4.08. The van der Waals surface area contributed by atoms with Crippen molar-refractivity contribution in [2.45, 2.75) is 19.1 Å². The molecule has 39 heavy (non-hydrogen) atoms. The van der Waals surface area contributed by atoms with Crippen LogP contribution in [-0.2, 0) is 16.1 Å². The molecule has 2 aliphatic rings. The number of methoxy groups -OCH3 is 1. The Bertz CT molecular complexity index is 1310. The first-order valence-corrected chi connectivity index (χ1v) is 13.0. The Morgan fingerprint density at radius 1 is 1.03 bits per heavy atom. The summed E-state index contributed by atoms with van der Waals surface area (Å²) < 4.78 is 22.4. The molecular weight excluding hydrogens is 500 g/mol. The SMILES string of the molecule is COc1cc(C2C(C(=O)c3ccco3)=C(O)C(=O)N2CCCN2CCOCC2)ccc1OCc1ccccc1. The molecule has 0 spiro atoms. The van der Waals surface area contributed by atoms with Crippen LogP contribution in [0.1, 0.15) is 34.1 Å². The predicted molar refractivity (Wildman–Crippen MR) is 143 cm³/mol. The maximum atomic E-state index is 13.4. The fourth-order valence-electron chi connectivity index (χ4n) is 5.00. The maximum absolute atomic E-state index is 13.4. The van der Waals surface area contributed by atoms with Gasteiger partial charge in [0.25, 0.3) is 5.91 Å². The van der Waals surface area contributed by atoms with Crippen LogP contribution in [-0.4, -0.2) is 73.1 Å². The number of furan rings is 1. The summed E-state index contributed by atoms with van der Waals surface area (Å²) in [5.41, 5.74) is 1.62. The van der Waals surface area contributed by atoms with Crippen LogP contribution in [0.5, 0.6) is 11.5 Å². The summed E-state index contributed by atoms with van der Waals surface area (Å²) in [6, 6.07) is 17.4. The third-order valence-electron chi connectivity index (χ3n) is 7.01. The highest BCUT2D eigenvalue weighted by molar-refractivity contribution is 6.15. The summed E-state index contributed by atoms with van der Waals surface area (Å²) >= 11 is 0. The normalized spacial score (nSPS) is 18.0. The van der Waals surface area contributed by atoms with E-state index < -0.39 is 23.5 Å². The van der Waals surface area contributed by atoms with Crippen LogP contribution in [0.25, 0.3) is 0 Å². The maximum Gasteiger partial charge on any atom is 0.290 e. The van der Waals surface area contributed by atoms with Gasteiger partial charge in [-0.15, -0.1) is 0 Å². The topological polar surface area (TPSA) is 102 Å². The van der Waals surface area contributed by atoms with E-state index in [2.05, 4.69) is 4.90 Å². The number of morpholine rings is 1. The van der Waals surface area contributed by atoms with Crippen molar-refractivity contribution < 1.29 is 33.3 Å². The molecule has 1 aromatic heterocycles. The number of nitrogens with zero attached hydrogens (tertiary/aromatic N) is 2. The number of benzene rings is 2. The number of hydrogen-bond acceptors (Lipinski definition) is 8. The van der Waals surface area contributed by atoms with Gasteiger partial charge >= 0.3 is 0 Å². The van der Waals surface area contributed by atoms with Crippen molar-refractivity contribution in [1.82, 2.24) is 9.80 Å². The Morgan fingerprint density at radius 2 is 1.82 bits per heavy atom. The molecule has 2 aromatic carbocycles. The standard InChI is InChI=1S/C30H32N2O7/c1-36-25-19-22(10-11-23(25)39-20-21-7-3-2-4-8-21)27-26(28(33)24-9-5-16-38-24)29(34)30(35)32(27)13-6-12-31-14-17-37-18-15-31/h2-5,7-11,16,19,27,34H,6,12-15,17-18,20H2,1H3. The molecule has 1 atom stereocenters. The van der Waals surface area contributed by atoms with Gasteiger partial charge in [0.15, 0.2) is 23.0 Å². The molecule has 1 unspecified atom stereocenters. The number of amides is 1. The molecule has 1 amide bonds. The molecular formula is C30H32N2O7. The average molecular weight is 533 g/mol. The number of carbonyl (C=O) groups is 2. The van der Waals surface area contributed by atoms with E-state index in [1.807, 2.05) is 30.3 Å². The molecule has 2 aliphatic heterocycles. The number of hydrogen-bond donors (Lipinski definition) is 1. The minimum Gasteiger partial charge on any atom is -0.503 e. The fourth-order valence-corrected chi connectivity index (χ4v) is 5.00. The molecule has 1 saturated heterocycles. The molecule has 3 heterocycles. The van der Waals surface area contributed by atoms with Crippen molar-refractivity contribution in [3.63, 3.8) is 0 Å². The second kappa shape index (κ2) is 12.2. The first-order chi connectivity index (χ1) is 19.1. The summed E-state index contributed by atoms with van der Waals surface area (Å²) in [7, 11) is 1.54. The Labute approximate surface area is 227 Å². The van der Waals surface area contributed by atoms with Crippen LogP contribution >= 0.6 is 0 Å². The lowest BCUT2D eigenvalue weighted by atomic mass is 9.94. The second-order valence-electron chi connectivity index (χ2n) is 9.46. The number of aliphatic hydroxyl groups is 1. The molecule has 0 saturated carbocycles. The fraction of sp³-hybridized carbons (Fsp3) is 0.333. The van der Waals surface area contributed by atoms with Gasteiger partial charge in [-0.2, -0.15) is 0 Å². The van der Waals surface area contributed by atoms with Gasteiger partial charge in [0.05, 0.1) is 38.2 Å². The van der Waals surface area contributed by atoms with Gasteiger partial charge in [-0.05, 0) is 41.8 Å². The lowest BCUT2D eigenvalue weighted by Crippen LogP contribution is -2.39. The van der Waals surface area contributed by atoms with E-state index in [1.165, 1.54) is 19.4 Å². The van der Waals surface area contributed by atoms with Gasteiger partial charge in [-0.3, -0.25) is 14.5 Å². The van der Waals surface area contributed by atoms with Crippen molar-refractivity contribution in [2.24, 2.45) is 0 Å². The zero-order valence-corrected chi connectivity index (χ0v) is 21.9. The largest absolute Gasteiger partial charge is 0.503 e. The van der Waals surface area contributed by atoms with Crippen LogP contribution in [0.2, 0.25) is 0 Å². The van der Waals surface area contributed by atoms with Gasteiger partial charge in [-0.1, -0.05) is 36.4 Å². The zero-order valence-electron chi connectivity index (χ0n) is 21.9. The third-order valence-corrected chi connectivity index (χ3v) is 7.01. The van der Waals surface area contributed by atoms with Gasteiger partial charge in [-0.25, -0.2) is 0 Å². The first kappa shape index (κ1) is 26.5. The number of Topliss-reactive ketones (excluding diaryl/α,β-unsaturated/α-hetero) is 1. The summed E-state index contributed by atoms with van der Waals surface area (Å²) in [5.74, 6) is -0.633. The summed E-state index contributed by atoms with van der Waals surface area (Å²) in [4.78, 5) is 30.5. The van der Waals surface area contributed by atoms with E-state index >= 15 is 0 Å². The van der Waals surface area contributed by atoms with E-state index in [0.29, 0.717) is 49.8 Å². The lowest BCUT2D eigenvalue weighted by Gasteiger charge is -2.30. The predicted octanol–water partition coefficient (Wildman–Crippen LogP) is 4.17. The summed E-state index contributed by atoms with van der Waals surface area (Å²) in [6.07, 6.45) is 2.06. The molecule has 0 bridgehead atoms. The number of carbonyl (C=O) groups excluding carboxylic acids is 2. The Morgan fingerprint density at radius 3 is 2.54 bits per heavy atom. The van der Waals surface area contributed by atoms with Gasteiger partial charge in [0.1, 0.15) is 6.61 Å². The van der Waals surface area contributed by atoms with E-state index in [1.54, 1.807) is 29.2 Å². The van der Waals surface area contributed by atoms with E-state index in [0.717, 1.165) is 25.2 Å². The monoisotopic (exact) mass is 532 g/mol. The van der Waals surface area contributed by atoms with Crippen LogP contribution in [0.15, 0.2) is 82.7 Å². The van der Waals surface area contributed by atoms with Crippen LogP contribution in [0.3, 0.4) is 0 Å². The summed E-state index contributed by atoms with van der Waals surface area (Å²) in [5, 5.41) is 10.9. The quantitative estimate of drug-likeness (QED) is 0.367. The Balaban J connectivity index is 1.42. The molecule has 0 aliphatic carbocycles. The van der Waals surface area contributed by atoms with Gasteiger partial charge in [0.2, 0.25) is 5.78 Å². The number of rotatable bonds is 11. The molecule has 3 aromatic rings. The molecule has 9 nitrogen and oxygen atoms in total. The van der Waals surface area contributed by atoms with E-state index in [4.69, 9.17) is 18.6 Å². The number of ketones is 1. The van der Waals surface area contributed by atoms with E-state index in [9.17, 15) is 14.7 Å². The van der Waals surface area contributed by atoms with Crippen molar-refractivity contribution in [2.75, 3.05) is 46.5 Å². The van der Waals surface area contributed by atoms with Crippen molar-refractivity contribution in [1.29, 1.82) is 0 Å². The minimum atomic E-state index is -0.808. The highest BCUT2D eigenvalue weighted by Crippen LogP contribution is 2.42. The molecule has 5 rings (SSSR count). The third kappa shape index (κ3) is 5.84. The minimum absolute atomic E-state index is 0.0127. The molecule has 1 N–H and O–H groups in total. The summed E-state index contributed by atoms with van der Waals surface area (Å²) in [6.45, 7) is 4.54. The highest BCUT2D eigenvalue weighted by atomic mass is 16.5. The molecule has 204 valence electrons. The van der Waals surface area contributed by atoms with Crippen LogP contribution in [0.4, 0.5) is 0 Å². The van der Waals surface area contributed by atoms with Crippen molar-refractivity contribution in [3.8, 4) is 11.5 Å². The van der Waals surface area contributed by atoms with Gasteiger partial charge < -0.3 is 28.6 Å². The van der Waals surface area contributed by atoms with Gasteiger partial charge in [0, 0.05) is 26.2 Å². The highest BCUT2D eigenvalue weighted by Gasteiger charge is 2.44. The molecule has 1 fully saturated rings. The van der Waals surface area contributed by atoms with Crippen molar-refractivity contribution in [3.05, 3.63) is 95.1 Å². The molecule has 0 radical (unpaired) electrons. The first-order valence-electron chi connectivity index (χ1n) is 13.0. The second-order valence-corrected chi connectivity index (χ2v) is 9.46. The van der Waals surface area contributed by atoms with E-state index in [-0.39, 0.29) is 11.3 Å². The average Bonchev–Trinajstić information content (AvgIpc) is 3.60. The lowest BCUT2D eigenvalue weighted by molar-refractivity contribution is -0.129. The van der Waals surface area contributed by atoms with Crippen molar-refractivity contribution >= 4 is 11.7 Å². The number of aliphatic hydroxyl groups excluding tert-OH is 1. The van der Waals surface area contributed by atoms with Crippen LogP contribution in [0, 0.1) is 0 Å². The smallest absolute Gasteiger partial charge is 0.290 e. The zero-order chi connectivity index (χ0) is 27.2. The molecule has 9 heteroatoms. The Kier molecular flexibility index (Phi) is 8.29.